The van der Waals surface area contributed by atoms with Crippen LogP contribution in [-0.2, 0) is 5.41 Å². The minimum Gasteiger partial charge on any atom is -0.478 e. The van der Waals surface area contributed by atoms with Crippen molar-refractivity contribution in [1.29, 1.82) is 0 Å². The molecule has 4 N–H and O–H groups in total. The summed E-state index contributed by atoms with van der Waals surface area (Å²) in [5.74, 6) is -2.82. The van der Waals surface area contributed by atoms with E-state index in [0.717, 1.165) is 0 Å². The van der Waals surface area contributed by atoms with Gasteiger partial charge in [-0.3, -0.25) is 0 Å². The summed E-state index contributed by atoms with van der Waals surface area (Å²) >= 11 is 0. The van der Waals surface area contributed by atoms with E-state index < -0.39 is 41.7 Å². The van der Waals surface area contributed by atoms with Crippen molar-refractivity contribution in [2.75, 3.05) is 13.2 Å². The SMILES string of the molecule is O=C(O)c1cccc(C(CO)(CO)c2ccccc2)c1C(=O)O. The molecule has 0 radical (unpaired) electrons. The Labute approximate surface area is 132 Å². The summed E-state index contributed by atoms with van der Waals surface area (Å²) in [6.45, 7) is -1.15. The summed E-state index contributed by atoms with van der Waals surface area (Å²) in [5.41, 5.74) is -1.69. The lowest BCUT2D eigenvalue weighted by molar-refractivity contribution is 0.0646. The van der Waals surface area contributed by atoms with E-state index in [9.17, 15) is 30.0 Å². The van der Waals surface area contributed by atoms with E-state index in [1.54, 1.807) is 30.3 Å². The zero-order valence-electron chi connectivity index (χ0n) is 12.1. The number of carbonyl (C=O) groups is 2. The number of hydrogen-bond donors (Lipinski definition) is 4. The highest BCUT2D eigenvalue weighted by molar-refractivity contribution is 6.03. The fourth-order valence-corrected chi connectivity index (χ4v) is 2.68. The van der Waals surface area contributed by atoms with Gasteiger partial charge in [0.15, 0.2) is 0 Å². The van der Waals surface area contributed by atoms with E-state index in [2.05, 4.69) is 0 Å². The van der Waals surface area contributed by atoms with Crippen LogP contribution < -0.4 is 0 Å². The molecule has 2 aromatic carbocycles. The zero-order valence-corrected chi connectivity index (χ0v) is 12.1. The third-order valence-electron chi connectivity index (χ3n) is 3.89. The molecule has 0 aliphatic heterocycles. The molecule has 0 fully saturated rings. The molecule has 23 heavy (non-hydrogen) atoms. The predicted molar refractivity (Wildman–Crippen MR) is 81.8 cm³/mol. The van der Waals surface area contributed by atoms with Gasteiger partial charge in [0.25, 0.3) is 0 Å². The molecular formula is C17H16O6. The zero-order chi connectivity index (χ0) is 17.0. The van der Waals surface area contributed by atoms with Crippen molar-refractivity contribution in [3.63, 3.8) is 0 Å². The number of aliphatic hydroxyl groups excluding tert-OH is 2. The maximum Gasteiger partial charge on any atom is 0.336 e. The van der Waals surface area contributed by atoms with Crippen LogP contribution in [0, 0.1) is 0 Å². The van der Waals surface area contributed by atoms with Crippen molar-refractivity contribution in [2.24, 2.45) is 0 Å². The molecule has 0 aliphatic carbocycles. The monoisotopic (exact) mass is 316 g/mol. The number of rotatable bonds is 6. The first-order chi connectivity index (χ1) is 11.0. The Morgan fingerprint density at radius 1 is 0.826 bits per heavy atom. The Hall–Kier alpha value is -2.70. The van der Waals surface area contributed by atoms with Gasteiger partial charge in [-0.2, -0.15) is 0 Å². The van der Waals surface area contributed by atoms with Gasteiger partial charge < -0.3 is 20.4 Å². The van der Waals surface area contributed by atoms with Crippen LogP contribution in [-0.4, -0.2) is 45.6 Å². The third-order valence-corrected chi connectivity index (χ3v) is 3.89. The van der Waals surface area contributed by atoms with Gasteiger partial charge in [0.1, 0.15) is 0 Å². The molecule has 0 saturated carbocycles. The Bertz CT molecular complexity index is 719. The Balaban J connectivity index is 2.83. The van der Waals surface area contributed by atoms with Crippen LogP contribution in [0.2, 0.25) is 0 Å². The Morgan fingerprint density at radius 3 is 1.91 bits per heavy atom. The largest absolute Gasteiger partial charge is 0.478 e. The number of carboxylic acid groups (broad SMARTS) is 2. The molecule has 0 aromatic heterocycles. The van der Waals surface area contributed by atoms with Crippen LogP contribution in [0.25, 0.3) is 0 Å². The Morgan fingerprint density at radius 2 is 1.43 bits per heavy atom. The molecule has 0 unspecified atom stereocenters. The summed E-state index contributed by atoms with van der Waals surface area (Å²) in [7, 11) is 0. The summed E-state index contributed by atoms with van der Waals surface area (Å²) in [4.78, 5) is 23.0. The minimum absolute atomic E-state index is 0.0566. The van der Waals surface area contributed by atoms with E-state index >= 15 is 0 Å². The second kappa shape index (κ2) is 6.60. The molecule has 6 heteroatoms. The van der Waals surface area contributed by atoms with Crippen LogP contribution >= 0.6 is 0 Å². The summed E-state index contributed by atoms with van der Waals surface area (Å²) in [6.07, 6.45) is 0. The van der Waals surface area contributed by atoms with E-state index in [-0.39, 0.29) is 5.56 Å². The molecule has 6 nitrogen and oxygen atoms in total. The number of aliphatic hydroxyl groups is 2. The smallest absolute Gasteiger partial charge is 0.336 e. The fourth-order valence-electron chi connectivity index (χ4n) is 2.68. The lowest BCUT2D eigenvalue weighted by atomic mass is 9.73. The Kier molecular flexibility index (Phi) is 4.78. The molecule has 0 aliphatic rings. The maximum atomic E-state index is 11.6. The van der Waals surface area contributed by atoms with Crippen molar-refractivity contribution in [2.45, 2.75) is 5.41 Å². The first-order valence-corrected chi connectivity index (χ1v) is 6.85. The van der Waals surface area contributed by atoms with Gasteiger partial charge >= 0.3 is 11.9 Å². The summed E-state index contributed by atoms with van der Waals surface area (Å²) in [5, 5.41) is 38.5. The maximum absolute atomic E-state index is 11.6. The van der Waals surface area contributed by atoms with E-state index in [1.807, 2.05) is 0 Å². The molecule has 2 aromatic rings. The van der Waals surface area contributed by atoms with Gasteiger partial charge in [0, 0.05) is 0 Å². The van der Waals surface area contributed by atoms with E-state index in [0.29, 0.717) is 5.56 Å². The molecule has 0 atom stereocenters. The van der Waals surface area contributed by atoms with Crippen LogP contribution in [0.15, 0.2) is 48.5 Å². The summed E-state index contributed by atoms with van der Waals surface area (Å²) < 4.78 is 0. The standard InChI is InChI=1S/C17H16O6/c18-9-17(10-19,11-5-2-1-3-6-11)13-8-4-7-12(15(20)21)14(13)16(22)23/h1-8,18-19H,9-10H2,(H,20,21)(H,22,23). The average Bonchev–Trinajstić information content (AvgIpc) is 2.57. The van der Waals surface area contributed by atoms with Crippen LogP contribution in [0.5, 0.6) is 0 Å². The minimum atomic E-state index is -1.43. The molecule has 2 rings (SSSR count). The van der Waals surface area contributed by atoms with Gasteiger partial charge in [-0.25, -0.2) is 9.59 Å². The lowest BCUT2D eigenvalue weighted by Gasteiger charge is -2.32. The quantitative estimate of drug-likeness (QED) is 0.639. The number of hydrogen-bond acceptors (Lipinski definition) is 4. The van der Waals surface area contributed by atoms with Crippen molar-refractivity contribution in [3.05, 3.63) is 70.8 Å². The predicted octanol–water partition coefficient (Wildman–Crippen LogP) is 1.35. The first kappa shape index (κ1) is 16.7. The second-order valence-electron chi connectivity index (χ2n) is 5.10. The summed E-state index contributed by atoms with van der Waals surface area (Å²) in [6, 6.07) is 12.4. The highest BCUT2D eigenvalue weighted by Crippen LogP contribution is 2.35. The topological polar surface area (TPSA) is 115 Å². The number of carboxylic acids is 2. The van der Waals surface area contributed by atoms with Gasteiger partial charge in [-0.15, -0.1) is 0 Å². The van der Waals surface area contributed by atoms with Crippen LogP contribution in [0.3, 0.4) is 0 Å². The highest BCUT2D eigenvalue weighted by Gasteiger charge is 2.38. The van der Waals surface area contributed by atoms with Crippen LogP contribution in [0.1, 0.15) is 31.8 Å². The molecule has 0 spiro atoms. The van der Waals surface area contributed by atoms with E-state index in [1.165, 1.54) is 18.2 Å². The van der Waals surface area contributed by atoms with E-state index in [4.69, 9.17) is 0 Å². The van der Waals surface area contributed by atoms with Gasteiger partial charge in [-0.05, 0) is 17.2 Å². The van der Waals surface area contributed by atoms with Gasteiger partial charge in [0.2, 0.25) is 0 Å². The van der Waals surface area contributed by atoms with Gasteiger partial charge in [-0.1, -0.05) is 42.5 Å². The first-order valence-electron chi connectivity index (χ1n) is 6.85. The average molecular weight is 316 g/mol. The van der Waals surface area contributed by atoms with Crippen LogP contribution in [0.4, 0.5) is 0 Å². The molecular weight excluding hydrogens is 300 g/mol. The lowest BCUT2D eigenvalue weighted by Crippen LogP contribution is -2.38. The highest BCUT2D eigenvalue weighted by atomic mass is 16.4. The molecule has 120 valence electrons. The molecule has 0 heterocycles. The molecule has 0 amide bonds. The van der Waals surface area contributed by atoms with Gasteiger partial charge in [0.05, 0.1) is 29.8 Å². The van der Waals surface area contributed by atoms with Crippen molar-refractivity contribution >= 4 is 11.9 Å². The van der Waals surface area contributed by atoms with Crippen molar-refractivity contribution in [3.8, 4) is 0 Å². The third kappa shape index (κ3) is 2.81. The molecule has 0 saturated heterocycles. The second-order valence-corrected chi connectivity index (χ2v) is 5.10. The number of benzene rings is 2. The number of aromatic carboxylic acids is 2. The van der Waals surface area contributed by atoms with Crippen molar-refractivity contribution in [1.82, 2.24) is 0 Å². The van der Waals surface area contributed by atoms with Crippen molar-refractivity contribution < 1.29 is 30.0 Å². The fraction of sp³-hybridized carbons (Fsp3) is 0.176. The normalized spacial score (nSPS) is 11.2. The molecule has 0 bridgehead atoms.